The van der Waals surface area contributed by atoms with Crippen molar-refractivity contribution in [3.63, 3.8) is 0 Å². The number of benzene rings is 2. The fourth-order valence-electron chi connectivity index (χ4n) is 2.97. The largest absolute Gasteiger partial charge is 0.494 e. The van der Waals surface area contributed by atoms with E-state index in [1.807, 2.05) is 44.2 Å². The van der Waals surface area contributed by atoms with Gasteiger partial charge in [0.2, 0.25) is 11.8 Å². The highest BCUT2D eigenvalue weighted by Gasteiger charge is 2.38. The van der Waals surface area contributed by atoms with Crippen LogP contribution < -0.4 is 10.1 Å². The van der Waals surface area contributed by atoms with Gasteiger partial charge in [-0.25, -0.2) is 4.99 Å². The zero-order valence-electron chi connectivity index (χ0n) is 17.4. The molecule has 1 fully saturated rings. The van der Waals surface area contributed by atoms with Crippen LogP contribution in [0.4, 0.5) is 11.4 Å². The van der Waals surface area contributed by atoms with Crippen LogP contribution in [0.15, 0.2) is 60.1 Å². The van der Waals surface area contributed by atoms with Gasteiger partial charge >= 0.3 is 0 Å². The molecule has 2 aromatic rings. The van der Waals surface area contributed by atoms with Crippen LogP contribution in [-0.2, 0) is 9.59 Å². The lowest BCUT2D eigenvalue weighted by Gasteiger charge is -2.14. The standard InChI is InChI=1S/C23H24ClN3O3S/c1-4-12-27-22(29)20(14-21(28)25-17-7-6-15(3)19(24)13-17)31-23(27)26-16-8-10-18(11-9-16)30-5-2/h4,6-11,13,20H,1,5,12,14H2,2-3H3,(H,25,28)/t20-/m1/s1. The van der Waals surface area contributed by atoms with Crippen molar-refractivity contribution in [2.24, 2.45) is 4.99 Å². The smallest absolute Gasteiger partial charge is 0.242 e. The number of nitrogens with one attached hydrogen (secondary N) is 1. The maximum absolute atomic E-state index is 12.9. The number of anilines is 1. The Balaban J connectivity index is 1.71. The first-order valence-corrected chi connectivity index (χ1v) is 11.1. The van der Waals surface area contributed by atoms with Crippen molar-refractivity contribution in [3.05, 3.63) is 65.7 Å². The molecule has 0 unspecified atom stereocenters. The van der Waals surface area contributed by atoms with Crippen molar-refractivity contribution < 1.29 is 14.3 Å². The zero-order chi connectivity index (χ0) is 22.4. The second-order valence-electron chi connectivity index (χ2n) is 6.88. The molecule has 0 bridgehead atoms. The summed E-state index contributed by atoms with van der Waals surface area (Å²) in [5, 5.41) is 3.37. The Hall–Kier alpha value is -2.77. The molecule has 0 aliphatic carbocycles. The molecule has 1 saturated heterocycles. The third-order valence-electron chi connectivity index (χ3n) is 4.53. The van der Waals surface area contributed by atoms with Crippen molar-refractivity contribution in [3.8, 4) is 5.75 Å². The summed E-state index contributed by atoms with van der Waals surface area (Å²) in [6.45, 7) is 8.45. The van der Waals surface area contributed by atoms with Crippen molar-refractivity contribution in [2.75, 3.05) is 18.5 Å². The molecule has 2 amide bonds. The molecule has 1 atom stereocenters. The lowest BCUT2D eigenvalue weighted by Crippen LogP contribution is -2.33. The summed E-state index contributed by atoms with van der Waals surface area (Å²) in [5.41, 5.74) is 2.23. The van der Waals surface area contributed by atoms with E-state index >= 15 is 0 Å². The Morgan fingerprint density at radius 3 is 2.71 bits per heavy atom. The second-order valence-corrected chi connectivity index (χ2v) is 8.46. The quantitative estimate of drug-likeness (QED) is 0.553. The number of carbonyl (C=O) groups excluding carboxylic acids is 2. The van der Waals surface area contributed by atoms with E-state index in [0.29, 0.717) is 34.7 Å². The molecule has 31 heavy (non-hydrogen) atoms. The van der Waals surface area contributed by atoms with E-state index < -0.39 is 5.25 Å². The average molecular weight is 458 g/mol. The predicted molar refractivity (Wildman–Crippen MR) is 127 cm³/mol. The molecule has 0 radical (unpaired) electrons. The number of hydrogen-bond donors (Lipinski definition) is 1. The monoisotopic (exact) mass is 457 g/mol. The molecule has 1 aliphatic rings. The van der Waals surface area contributed by atoms with E-state index in [1.54, 1.807) is 23.1 Å². The molecule has 8 heteroatoms. The van der Waals surface area contributed by atoms with Crippen LogP contribution in [0.5, 0.6) is 5.75 Å². The number of halogens is 1. The van der Waals surface area contributed by atoms with Gasteiger partial charge in [0.25, 0.3) is 0 Å². The lowest BCUT2D eigenvalue weighted by molar-refractivity contribution is -0.127. The SMILES string of the molecule is C=CCN1C(=O)[C@@H](CC(=O)Nc2ccc(C)c(Cl)c2)SC1=Nc1ccc(OCC)cc1. The molecular formula is C23H24ClN3O3S. The number of nitrogens with zero attached hydrogens (tertiary/aromatic N) is 2. The van der Waals surface area contributed by atoms with E-state index in [4.69, 9.17) is 16.3 Å². The molecular weight excluding hydrogens is 434 g/mol. The Morgan fingerprint density at radius 1 is 1.32 bits per heavy atom. The summed E-state index contributed by atoms with van der Waals surface area (Å²) >= 11 is 7.40. The van der Waals surface area contributed by atoms with Gasteiger partial charge in [0.05, 0.1) is 12.3 Å². The molecule has 1 N–H and O–H groups in total. The minimum Gasteiger partial charge on any atom is -0.494 e. The number of aryl methyl sites for hydroxylation is 1. The Labute approximate surface area is 191 Å². The molecule has 0 aromatic heterocycles. The summed E-state index contributed by atoms with van der Waals surface area (Å²) in [4.78, 5) is 31.6. The predicted octanol–water partition coefficient (Wildman–Crippen LogP) is 5.19. The van der Waals surface area contributed by atoms with Gasteiger partial charge in [-0.3, -0.25) is 14.5 Å². The van der Waals surface area contributed by atoms with Gasteiger partial charge in [-0.2, -0.15) is 0 Å². The fourth-order valence-corrected chi connectivity index (χ4v) is 4.31. The molecule has 2 aromatic carbocycles. The van der Waals surface area contributed by atoms with Crippen LogP contribution in [0.3, 0.4) is 0 Å². The Morgan fingerprint density at radius 2 is 2.06 bits per heavy atom. The number of carbonyl (C=O) groups is 2. The van der Waals surface area contributed by atoms with E-state index in [0.717, 1.165) is 11.3 Å². The highest BCUT2D eigenvalue weighted by Crippen LogP contribution is 2.32. The highest BCUT2D eigenvalue weighted by atomic mass is 35.5. The van der Waals surface area contributed by atoms with Gasteiger partial charge < -0.3 is 10.1 Å². The van der Waals surface area contributed by atoms with Gasteiger partial charge in [-0.1, -0.05) is 35.5 Å². The van der Waals surface area contributed by atoms with Gasteiger partial charge in [-0.05, 0) is 55.8 Å². The van der Waals surface area contributed by atoms with E-state index in [-0.39, 0.29) is 18.2 Å². The number of thioether (sulfide) groups is 1. The minimum absolute atomic E-state index is 0.0327. The first kappa shape index (κ1) is 22.9. The minimum atomic E-state index is -0.553. The average Bonchev–Trinajstić information content (AvgIpc) is 3.01. The Kier molecular flexibility index (Phi) is 7.76. The summed E-state index contributed by atoms with van der Waals surface area (Å²) in [6, 6.07) is 12.6. The van der Waals surface area contributed by atoms with Crippen LogP contribution >= 0.6 is 23.4 Å². The third kappa shape index (κ3) is 5.89. The lowest BCUT2D eigenvalue weighted by atomic mass is 10.2. The maximum atomic E-state index is 12.9. The van der Waals surface area contributed by atoms with Crippen molar-refractivity contribution >= 4 is 51.7 Å². The number of rotatable bonds is 8. The number of amides is 2. The van der Waals surface area contributed by atoms with Crippen molar-refractivity contribution in [2.45, 2.75) is 25.5 Å². The van der Waals surface area contributed by atoms with Crippen LogP contribution in [0.1, 0.15) is 18.9 Å². The van der Waals surface area contributed by atoms with E-state index in [1.165, 1.54) is 11.8 Å². The van der Waals surface area contributed by atoms with Crippen molar-refractivity contribution in [1.29, 1.82) is 0 Å². The topological polar surface area (TPSA) is 71.0 Å². The van der Waals surface area contributed by atoms with Crippen LogP contribution in [-0.4, -0.2) is 40.3 Å². The van der Waals surface area contributed by atoms with Crippen LogP contribution in [0, 0.1) is 6.92 Å². The molecule has 6 nitrogen and oxygen atoms in total. The van der Waals surface area contributed by atoms with E-state index in [2.05, 4.69) is 16.9 Å². The molecule has 162 valence electrons. The summed E-state index contributed by atoms with van der Waals surface area (Å²) in [5.74, 6) is 0.341. The highest BCUT2D eigenvalue weighted by molar-refractivity contribution is 8.15. The molecule has 0 spiro atoms. The number of ether oxygens (including phenoxy) is 1. The molecule has 1 heterocycles. The Bertz CT molecular complexity index is 1010. The number of hydrogen-bond acceptors (Lipinski definition) is 5. The van der Waals surface area contributed by atoms with Crippen molar-refractivity contribution in [1.82, 2.24) is 4.90 Å². The third-order valence-corrected chi connectivity index (χ3v) is 6.11. The number of amidine groups is 1. The van der Waals surface area contributed by atoms with Gasteiger partial charge in [0.1, 0.15) is 11.0 Å². The maximum Gasteiger partial charge on any atom is 0.242 e. The molecule has 1 aliphatic heterocycles. The zero-order valence-corrected chi connectivity index (χ0v) is 19.0. The number of aliphatic imine (C=N–C) groups is 1. The van der Waals surface area contributed by atoms with Gasteiger partial charge in [0, 0.05) is 23.7 Å². The molecule has 0 saturated carbocycles. The van der Waals surface area contributed by atoms with Crippen LogP contribution in [0.25, 0.3) is 0 Å². The fraction of sp³-hybridized carbons (Fsp3) is 0.261. The normalized spacial score (nSPS) is 17.1. The molecule has 3 rings (SSSR count). The first-order valence-electron chi connectivity index (χ1n) is 9.87. The summed E-state index contributed by atoms with van der Waals surface area (Å²) < 4.78 is 5.45. The van der Waals surface area contributed by atoms with Gasteiger partial charge in [-0.15, -0.1) is 6.58 Å². The summed E-state index contributed by atoms with van der Waals surface area (Å²) in [7, 11) is 0. The second kappa shape index (κ2) is 10.5. The first-order chi connectivity index (χ1) is 14.9. The van der Waals surface area contributed by atoms with Gasteiger partial charge in [0.15, 0.2) is 5.17 Å². The summed E-state index contributed by atoms with van der Waals surface area (Å²) in [6.07, 6.45) is 1.67. The van der Waals surface area contributed by atoms with Crippen LogP contribution in [0.2, 0.25) is 5.02 Å². The van der Waals surface area contributed by atoms with E-state index in [9.17, 15) is 9.59 Å².